The summed E-state index contributed by atoms with van der Waals surface area (Å²) < 4.78 is 0. The minimum Gasteiger partial charge on any atom is -0.481 e. The molecule has 2 heterocycles. The van der Waals surface area contributed by atoms with E-state index in [1.807, 2.05) is 12.4 Å². The van der Waals surface area contributed by atoms with Crippen LogP contribution in [-0.2, 0) is 11.2 Å². The maximum absolute atomic E-state index is 10.8. The number of nitrogens with one attached hydrogen (secondary N) is 1. The van der Waals surface area contributed by atoms with Gasteiger partial charge in [-0.2, -0.15) is 0 Å². The molecule has 1 saturated heterocycles. The van der Waals surface area contributed by atoms with Crippen molar-refractivity contribution in [3.8, 4) is 0 Å². The molecule has 0 radical (unpaired) electrons. The Labute approximate surface area is 102 Å². The highest BCUT2D eigenvalue weighted by Gasteiger charge is 2.23. The summed E-state index contributed by atoms with van der Waals surface area (Å²) in [6.07, 6.45) is 7.85. The minimum absolute atomic E-state index is 0.115. The predicted molar refractivity (Wildman–Crippen MR) is 65.9 cm³/mol. The van der Waals surface area contributed by atoms with Crippen LogP contribution in [0.1, 0.15) is 24.8 Å². The van der Waals surface area contributed by atoms with Crippen molar-refractivity contribution in [1.29, 1.82) is 0 Å². The summed E-state index contributed by atoms with van der Waals surface area (Å²) in [6.45, 7) is 2.95. The molecule has 0 saturated carbocycles. The summed E-state index contributed by atoms with van der Waals surface area (Å²) in [6, 6.07) is 2.11. The summed E-state index contributed by atoms with van der Waals surface area (Å²) in [5.74, 6) is -0.743. The van der Waals surface area contributed by atoms with Gasteiger partial charge in [0, 0.05) is 12.4 Å². The Morgan fingerprint density at radius 2 is 2.24 bits per heavy atom. The first kappa shape index (κ1) is 12.2. The Kier molecular flexibility index (Phi) is 4.20. The van der Waals surface area contributed by atoms with Crippen LogP contribution in [0.4, 0.5) is 0 Å². The molecule has 0 spiro atoms. The topological polar surface area (TPSA) is 56.3 Å². The van der Waals surface area contributed by atoms with Gasteiger partial charge in [-0.05, 0) is 56.9 Å². The van der Waals surface area contributed by atoms with Gasteiger partial charge in [0.05, 0.1) is 5.92 Å². The van der Waals surface area contributed by atoms with Crippen LogP contribution in [0.3, 0.4) is 0 Å². The first-order valence-corrected chi connectivity index (χ1v) is 6.32. The van der Waals surface area contributed by atoms with E-state index in [0.717, 1.165) is 45.3 Å². The van der Waals surface area contributed by atoms with Crippen LogP contribution in [-0.4, -0.2) is 40.6 Å². The predicted octanol–water partition coefficient (Wildman–Crippen LogP) is 1.74. The van der Waals surface area contributed by atoms with Crippen molar-refractivity contribution < 1.29 is 9.90 Å². The molecule has 94 valence electrons. The molecule has 1 aromatic heterocycles. The molecule has 0 atom stereocenters. The second-order valence-electron chi connectivity index (χ2n) is 4.78. The van der Waals surface area contributed by atoms with Crippen molar-refractivity contribution >= 4 is 5.97 Å². The molecule has 4 heteroatoms. The third-order valence-corrected chi connectivity index (χ3v) is 3.54. The summed E-state index contributed by atoms with van der Waals surface area (Å²) in [7, 11) is 0. The van der Waals surface area contributed by atoms with E-state index < -0.39 is 5.97 Å². The normalized spacial score (nSPS) is 18.4. The number of carboxylic acid groups (broad SMARTS) is 1. The number of carbonyl (C=O) groups is 1. The van der Waals surface area contributed by atoms with Gasteiger partial charge in [0.2, 0.25) is 0 Å². The Balaban J connectivity index is 1.63. The lowest BCUT2D eigenvalue weighted by Gasteiger charge is -2.29. The molecule has 2 rings (SSSR count). The highest BCUT2D eigenvalue weighted by molar-refractivity contribution is 5.70. The molecule has 1 fully saturated rings. The lowest BCUT2D eigenvalue weighted by Crippen LogP contribution is -2.36. The zero-order valence-electron chi connectivity index (χ0n) is 10.1. The largest absolute Gasteiger partial charge is 0.481 e. The van der Waals surface area contributed by atoms with Gasteiger partial charge in [-0.25, -0.2) is 0 Å². The van der Waals surface area contributed by atoms with E-state index >= 15 is 0 Å². The van der Waals surface area contributed by atoms with Crippen LogP contribution in [0.15, 0.2) is 18.5 Å². The molecule has 17 heavy (non-hydrogen) atoms. The lowest BCUT2D eigenvalue weighted by atomic mass is 9.97. The highest BCUT2D eigenvalue weighted by Crippen LogP contribution is 2.17. The van der Waals surface area contributed by atoms with Crippen molar-refractivity contribution in [3.63, 3.8) is 0 Å². The maximum Gasteiger partial charge on any atom is 0.306 e. The molecule has 0 aromatic carbocycles. The number of aromatic nitrogens is 1. The zero-order chi connectivity index (χ0) is 12.1. The number of hydrogen-bond acceptors (Lipinski definition) is 2. The van der Waals surface area contributed by atoms with Crippen LogP contribution in [0.5, 0.6) is 0 Å². The van der Waals surface area contributed by atoms with Gasteiger partial charge in [0.15, 0.2) is 0 Å². The molecule has 0 amide bonds. The Hall–Kier alpha value is -1.29. The summed E-state index contributed by atoms with van der Waals surface area (Å²) >= 11 is 0. The Morgan fingerprint density at radius 1 is 1.47 bits per heavy atom. The fraction of sp³-hybridized carbons (Fsp3) is 0.615. The second-order valence-corrected chi connectivity index (χ2v) is 4.78. The fourth-order valence-corrected chi connectivity index (χ4v) is 2.42. The van der Waals surface area contributed by atoms with E-state index in [1.54, 1.807) is 0 Å². The van der Waals surface area contributed by atoms with Crippen molar-refractivity contribution in [3.05, 3.63) is 24.0 Å². The quantitative estimate of drug-likeness (QED) is 0.818. The summed E-state index contributed by atoms with van der Waals surface area (Å²) in [4.78, 5) is 16.2. The van der Waals surface area contributed by atoms with E-state index in [-0.39, 0.29) is 5.92 Å². The first-order valence-electron chi connectivity index (χ1n) is 6.32. The molecule has 0 unspecified atom stereocenters. The van der Waals surface area contributed by atoms with E-state index in [1.165, 1.54) is 5.56 Å². The number of aryl methyl sites for hydroxylation is 1. The maximum atomic E-state index is 10.8. The van der Waals surface area contributed by atoms with Crippen LogP contribution < -0.4 is 0 Å². The third kappa shape index (κ3) is 3.60. The number of nitrogens with zero attached hydrogens (tertiary/aromatic N) is 1. The number of H-pyrrole nitrogens is 1. The van der Waals surface area contributed by atoms with Crippen LogP contribution in [0.25, 0.3) is 0 Å². The smallest absolute Gasteiger partial charge is 0.306 e. The number of piperidine rings is 1. The zero-order valence-corrected chi connectivity index (χ0v) is 10.1. The first-order chi connectivity index (χ1) is 8.25. The summed E-state index contributed by atoms with van der Waals surface area (Å²) in [5, 5.41) is 8.90. The number of aromatic amines is 1. The Morgan fingerprint density at radius 3 is 2.82 bits per heavy atom. The van der Waals surface area contributed by atoms with Crippen LogP contribution in [0, 0.1) is 5.92 Å². The summed E-state index contributed by atoms with van der Waals surface area (Å²) in [5.41, 5.74) is 1.35. The number of aliphatic carboxylic acids is 1. The van der Waals surface area contributed by atoms with E-state index in [2.05, 4.69) is 16.0 Å². The van der Waals surface area contributed by atoms with Crippen molar-refractivity contribution in [2.75, 3.05) is 19.6 Å². The SMILES string of the molecule is O=C(O)C1CCN(CCCc2cc[nH]c2)CC1. The fourth-order valence-electron chi connectivity index (χ4n) is 2.42. The van der Waals surface area contributed by atoms with Gasteiger partial charge >= 0.3 is 5.97 Å². The molecule has 1 aliphatic rings. The molecule has 1 aliphatic heterocycles. The molecule has 0 bridgehead atoms. The van der Waals surface area contributed by atoms with Crippen LogP contribution >= 0.6 is 0 Å². The Bertz CT molecular complexity index is 340. The highest BCUT2D eigenvalue weighted by atomic mass is 16.4. The third-order valence-electron chi connectivity index (χ3n) is 3.54. The van der Waals surface area contributed by atoms with Gasteiger partial charge in [0.1, 0.15) is 0 Å². The number of rotatable bonds is 5. The van der Waals surface area contributed by atoms with Gasteiger partial charge in [-0.1, -0.05) is 0 Å². The molecule has 0 aliphatic carbocycles. The standard InChI is InChI=1S/C13H20N2O2/c16-13(17)12-4-8-15(9-5-12)7-1-2-11-3-6-14-10-11/h3,6,10,12,14H,1-2,4-5,7-9H2,(H,16,17). The van der Waals surface area contributed by atoms with Crippen molar-refractivity contribution in [2.24, 2.45) is 5.92 Å². The molecule has 1 aromatic rings. The van der Waals surface area contributed by atoms with Gasteiger partial charge in [0.25, 0.3) is 0 Å². The van der Waals surface area contributed by atoms with E-state index in [4.69, 9.17) is 5.11 Å². The minimum atomic E-state index is -0.628. The van der Waals surface area contributed by atoms with E-state index in [9.17, 15) is 4.79 Å². The van der Waals surface area contributed by atoms with Gasteiger partial charge in [-0.15, -0.1) is 0 Å². The average Bonchev–Trinajstić information content (AvgIpc) is 2.83. The number of hydrogen-bond donors (Lipinski definition) is 2. The molecule has 2 N–H and O–H groups in total. The molecular weight excluding hydrogens is 216 g/mol. The second kappa shape index (κ2) is 5.87. The van der Waals surface area contributed by atoms with Gasteiger partial charge < -0.3 is 15.0 Å². The van der Waals surface area contributed by atoms with Crippen molar-refractivity contribution in [2.45, 2.75) is 25.7 Å². The van der Waals surface area contributed by atoms with E-state index in [0.29, 0.717) is 0 Å². The molecular formula is C13H20N2O2. The van der Waals surface area contributed by atoms with Crippen LogP contribution in [0.2, 0.25) is 0 Å². The number of carboxylic acids is 1. The van der Waals surface area contributed by atoms with Crippen molar-refractivity contribution in [1.82, 2.24) is 9.88 Å². The lowest BCUT2D eigenvalue weighted by molar-refractivity contribution is -0.143. The molecule has 4 nitrogen and oxygen atoms in total. The monoisotopic (exact) mass is 236 g/mol. The number of likely N-dealkylation sites (tertiary alicyclic amines) is 1. The average molecular weight is 236 g/mol. The van der Waals surface area contributed by atoms with Gasteiger partial charge in [-0.3, -0.25) is 4.79 Å².